The van der Waals surface area contributed by atoms with Gasteiger partial charge in [-0.25, -0.2) is 4.79 Å². The molecule has 116 valence electrons. The number of hydrogen-bond acceptors (Lipinski definition) is 3. The van der Waals surface area contributed by atoms with Gasteiger partial charge in [0.2, 0.25) is 0 Å². The summed E-state index contributed by atoms with van der Waals surface area (Å²) < 4.78 is 0.999. The molecular formula is C14H19BrN2O3S. The molecule has 0 bridgehead atoms. The fourth-order valence-corrected chi connectivity index (χ4v) is 4.15. The first-order valence-corrected chi connectivity index (χ1v) is 8.67. The van der Waals surface area contributed by atoms with E-state index in [2.05, 4.69) is 26.6 Å². The largest absolute Gasteiger partial charge is 0.481 e. The SMILES string of the molecule is O=C(O)CC1(NC(=O)NCc2cc(Br)cs2)CCCCC1. The summed E-state index contributed by atoms with van der Waals surface area (Å²) in [5, 5.41) is 16.7. The molecule has 1 saturated carbocycles. The van der Waals surface area contributed by atoms with Crippen molar-refractivity contribution in [3.8, 4) is 0 Å². The van der Waals surface area contributed by atoms with Crippen LogP contribution in [0.4, 0.5) is 4.79 Å². The van der Waals surface area contributed by atoms with Crippen LogP contribution in [-0.2, 0) is 11.3 Å². The molecule has 0 radical (unpaired) electrons. The Balaban J connectivity index is 1.89. The molecule has 1 aromatic rings. The van der Waals surface area contributed by atoms with Crippen LogP contribution in [0.3, 0.4) is 0 Å². The lowest BCUT2D eigenvalue weighted by Crippen LogP contribution is -2.54. The monoisotopic (exact) mass is 374 g/mol. The number of urea groups is 1. The van der Waals surface area contributed by atoms with Gasteiger partial charge in [-0.05, 0) is 34.8 Å². The van der Waals surface area contributed by atoms with Crippen LogP contribution in [0.15, 0.2) is 15.9 Å². The zero-order chi connectivity index (χ0) is 15.3. The molecule has 1 fully saturated rings. The van der Waals surface area contributed by atoms with Crippen LogP contribution in [0.5, 0.6) is 0 Å². The molecule has 1 aliphatic rings. The van der Waals surface area contributed by atoms with Crippen molar-refractivity contribution in [2.75, 3.05) is 0 Å². The van der Waals surface area contributed by atoms with Crippen LogP contribution in [0.2, 0.25) is 0 Å². The van der Waals surface area contributed by atoms with Crippen LogP contribution in [0.1, 0.15) is 43.4 Å². The fraction of sp³-hybridized carbons (Fsp3) is 0.571. The molecule has 0 aliphatic heterocycles. The molecular weight excluding hydrogens is 356 g/mol. The Bertz CT molecular complexity index is 512. The Morgan fingerprint density at radius 3 is 2.62 bits per heavy atom. The van der Waals surface area contributed by atoms with Crippen LogP contribution in [0.25, 0.3) is 0 Å². The number of aliphatic carboxylic acids is 1. The van der Waals surface area contributed by atoms with E-state index in [1.54, 1.807) is 11.3 Å². The van der Waals surface area contributed by atoms with Crippen LogP contribution in [0, 0.1) is 0 Å². The first-order valence-electron chi connectivity index (χ1n) is 7.00. The minimum Gasteiger partial charge on any atom is -0.481 e. The quantitative estimate of drug-likeness (QED) is 0.737. The third kappa shape index (κ3) is 5.00. The number of carboxylic acid groups (broad SMARTS) is 1. The van der Waals surface area contributed by atoms with Crippen molar-refractivity contribution in [3.05, 3.63) is 20.8 Å². The zero-order valence-corrected chi connectivity index (χ0v) is 14.1. The zero-order valence-electron chi connectivity index (χ0n) is 11.7. The van der Waals surface area contributed by atoms with Gasteiger partial charge in [-0.2, -0.15) is 0 Å². The van der Waals surface area contributed by atoms with Crippen LogP contribution in [-0.4, -0.2) is 22.6 Å². The van der Waals surface area contributed by atoms with E-state index < -0.39 is 11.5 Å². The number of nitrogens with one attached hydrogen (secondary N) is 2. The van der Waals surface area contributed by atoms with E-state index in [0.717, 1.165) is 41.5 Å². The van der Waals surface area contributed by atoms with Gasteiger partial charge in [0.25, 0.3) is 0 Å². The molecule has 21 heavy (non-hydrogen) atoms. The number of hydrogen-bond donors (Lipinski definition) is 3. The summed E-state index contributed by atoms with van der Waals surface area (Å²) in [7, 11) is 0. The first-order chi connectivity index (χ1) is 9.99. The second-order valence-corrected chi connectivity index (χ2v) is 7.36. The van der Waals surface area contributed by atoms with E-state index in [1.807, 2.05) is 11.4 Å². The number of carbonyl (C=O) groups excluding carboxylic acids is 1. The lowest BCUT2D eigenvalue weighted by atomic mass is 9.79. The first kappa shape index (κ1) is 16.3. The van der Waals surface area contributed by atoms with Gasteiger partial charge in [0.05, 0.1) is 18.5 Å². The Labute approximate surface area is 136 Å². The second kappa shape index (κ2) is 7.26. The number of carboxylic acids is 1. The number of rotatable bonds is 5. The molecule has 1 heterocycles. The summed E-state index contributed by atoms with van der Waals surface area (Å²) in [4.78, 5) is 24.2. The average molecular weight is 375 g/mol. The summed E-state index contributed by atoms with van der Waals surface area (Å²) in [6.07, 6.45) is 4.49. The number of amides is 2. The Morgan fingerprint density at radius 1 is 1.33 bits per heavy atom. The average Bonchev–Trinajstić information content (AvgIpc) is 2.82. The van der Waals surface area contributed by atoms with Crippen LogP contribution >= 0.6 is 27.3 Å². The molecule has 2 rings (SSSR count). The smallest absolute Gasteiger partial charge is 0.315 e. The van der Waals surface area contributed by atoms with Crippen molar-refractivity contribution >= 4 is 39.3 Å². The maximum Gasteiger partial charge on any atom is 0.315 e. The predicted octanol–water partition coefficient (Wildman–Crippen LogP) is 3.49. The van der Waals surface area contributed by atoms with Gasteiger partial charge in [0.1, 0.15) is 0 Å². The topological polar surface area (TPSA) is 78.4 Å². The second-order valence-electron chi connectivity index (χ2n) is 5.45. The highest BCUT2D eigenvalue weighted by atomic mass is 79.9. The predicted molar refractivity (Wildman–Crippen MR) is 85.5 cm³/mol. The Morgan fingerprint density at radius 2 is 2.05 bits per heavy atom. The van der Waals surface area contributed by atoms with Gasteiger partial charge in [-0.15, -0.1) is 11.3 Å². The highest BCUT2D eigenvalue weighted by molar-refractivity contribution is 9.10. The standard InChI is InChI=1S/C14H19BrN2O3S/c15-10-6-11(21-9-10)8-16-13(20)17-14(7-12(18)19)4-2-1-3-5-14/h6,9H,1-5,7-8H2,(H,18,19)(H2,16,17,20). The molecule has 7 heteroatoms. The number of carbonyl (C=O) groups is 2. The molecule has 0 atom stereocenters. The number of thiophene rings is 1. The Hall–Kier alpha value is -1.08. The van der Waals surface area contributed by atoms with Crippen molar-refractivity contribution in [2.45, 2.75) is 50.6 Å². The van der Waals surface area contributed by atoms with E-state index in [9.17, 15) is 9.59 Å². The third-order valence-corrected chi connectivity index (χ3v) is 5.42. The van der Waals surface area contributed by atoms with E-state index in [1.165, 1.54) is 0 Å². The van der Waals surface area contributed by atoms with Crippen molar-refractivity contribution < 1.29 is 14.7 Å². The third-order valence-electron chi connectivity index (χ3n) is 3.72. The summed E-state index contributed by atoms with van der Waals surface area (Å²) in [5.74, 6) is -0.862. The molecule has 2 amide bonds. The summed E-state index contributed by atoms with van der Waals surface area (Å²) in [6.45, 7) is 0.450. The minimum atomic E-state index is -0.862. The highest BCUT2D eigenvalue weighted by Crippen LogP contribution is 2.31. The lowest BCUT2D eigenvalue weighted by Gasteiger charge is -2.36. The lowest BCUT2D eigenvalue weighted by molar-refractivity contribution is -0.139. The van der Waals surface area contributed by atoms with E-state index in [-0.39, 0.29) is 12.5 Å². The summed E-state index contributed by atoms with van der Waals surface area (Å²) in [5.41, 5.74) is -0.593. The van der Waals surface area contributed by atoms with Gasteiger partial charge in [-0.1, -0.05) is 19.3 Å². The van der Waals surface area contributed by atoms with Gasteiger partial charge in [0.15, 0.2) is 0 Å². The maximum absolute atomic E-state index is 12.1. The molecule has 1 aromatic heterocycles. The maximum atomic E-state index is 12.1. The molecule has 3 N–H and O–H groups in total. The fourth-order valence-electron chi connectivity index (χ4n) is 2.76. The van der Waals surface area contributed by atoms with Crippen molar-refractivity contribution in [2.24, 2.45) is 0 Å². The van der Waals surface area contributed by atoms with Crippen LogP contribution < -0.4 is 10.6 Å². The normalized spacial score (nSPS) is 17.2. The van der Waals surface area contributed by atoms with Gasteiger partial charge >= 0.3 is 12.0 Å². The number of halogens is 1. The van der Waals surface area contributed by atoms with Gasteiger partial charge in [-0.3, -0.25) is 4.79 Å². The molecule has 0 spiro atoms. The van der Waals surface area contributed by atoms with E-state index >= 15 is 0 Å². The summed E-state index contributed by atoms with van der Waals surface area (Å²) in [6, 6.07) is 1.67. The van der Waals surface area contributed by atoms with Crippen molar-refractivity contribution in [1.29, 1.82) is 0 Å². The molecule has 0 unspecified atom stereocenters. The molecule has 0 aromatic carbocycles. The van der Waals surface area contributed by atoms with Crippen molar-refractivity contribution in [1.82, 2.24) is 10.6 Å². The van der Waals surface area contributed by atoms with E-state index in [0.29, 0.717) is 6.54 Å². The van der Waals surface area contributed by atoms with E-state index in [4.69, 9.17) is 5.11 Å². The van der Waals surface area contributed by atoms with Gasteiger partial charge in [0, 0.05) is 14.7 Å². The molecule has 1 aliphatic carbocycles. The van der Waals surface area contributed by atoms with Crippen molar-refractivity contribution in [3.63, 3.8) is 0 Å². The minimum absolute atomic E-state index is 0.00896. The summed E-state index contributed by atoms with van der Waals surface area (Å²) >= 11 is 4.94. The van der Waals surface area contributed by atoms with Gasteiger partial charge < -0.3 is 15.7 Å². The highest BCUT2D eigenvalue weighted by Gasteiger charge is 2.35. The molecule has 0 saturated heterocycles. The Kier molecular flexibility index (Phi) is 5.64. The molecule has 5 nitrogen and oxygen atoms in total.